The molecule has 2 atom stereocenters. The maximum atomic E-state index is 13.1. The van der Waals surface area contributed by atoms with E-state index in [4.69, 9.17) is 4.74 Å². The van der Waals surface area contributed by atoms with E-state index in [0.717, 1.165) is 6.42 Å². The summed E-state index contributed by atoms with van der Waals surface area (Å²) in [5.74, 6) is -1.82. The van der Waals surface area contributed by atoms with Crippen molar-refractivity contribution >= 4 is 22.0 Å². The Morgan fingerprint density at radius 1 is 1.36 bits per heavy atom. The highest BCUT2D eigenvalue weighted by atomic mass is 32.2. The molecule has 25 heavy (non-hydrogen) atoms. The molecule has 0 unspecified atom stereocenters. The molecule has 2 fully saturated rings. The first-order valence-corrected chi connectivity index (χ1v) is 9.76. The fourth-order valence-electron chi connectivity index (χ4n) is 3.98. The summed E-state index contributed by atoms with van der Waals surface area (Å²) in [4.78, 5) is 23.7. The number of carboxylic acids is 1. The number of fused-ring (bicyclic) bond motifs is 1. The number of aliphatic carboxylic acids is 1. The van der Waals surface area contributed by atoms with Gasteiger partial charge >= 0.3 is 11.9 Å². The lowest BCUT2D eigenvalue weighted by Crippen LogP contribution is -2.37. The summed E-state index contributed by atoms with van der Waals surface area (Å²) in [6, 6.07) is 5.89. The van der Waals surface area contributed by atoms with Gasteiger partial charge in [-0.3, -0.25) is 4.79 Å². The molecule has 0 aromatic heterocycles. The van der Waals surface area contributed by atoms with Gasteiger partial charge in [-0.25, -0.2) is 13.2 Å². The van der Waals surface area contributed by atoms with Gasteiger partial charge in [0.1, 0.15) is 0 Å². The van der Waals surface area contributed by atoms with E-state index < -0.39 is 27.4 Å². The van der Waals surface area contributed by atoms with E-state index in [-0.39, 0.29) is 36.1 Å². The van der Waals surface area contributed by atoms with Crippen molar-refractivity contribution in [2.24, 2.45) is 11.3 Å². The number of nitrogens with zero attached hydrogens (tertiary/aromatic N) is 1. The van der Waals surface area contributed by atoms with Crippen molar-refractivity contribution in [1.82, 2.24) is 4.31 Å². The highest BCUT2D eigenvalue weighted by molar-refractivity contribution is 7.89. The number of rotatable bonds is 5. The summed E-state index contributed by atoms with van der Waals surface area (Å²) < 4.78 is 32.3. The molecule has 1 aliphatic carbocycles. The molecular weight excluding hydrogens is 346 g/mol. The predicted molar refractivity (Wildman–Crippen MR) is 88.6 cm³/mol. The molecular formula is C17H21NO6S. The summed E-state index contributed by atoms with van der Waals surface area (Å²) in [6.45, 7) is 1.91. The van der Waals surface area contributed by atoms with Gasteiger partial charge in [-0.2, -0.15) is 4.31 Å². The van der Waals surface area contributed by atoms with Gasteiger partial charge in [-0.05, 0) is 37.8 Å². The molecule has 0 spiro atoms. The van der Waals surface area contributed by atoms with Crippen molar-refractivity contribution in [3.05, 3.63) is 29.8 Å². The topological polar surface area (TPSA) is 101 Å². The van der Waals surface area contributed by atoms with Crippen LogP contribution in [0.2, 0.25) is 0 Å². The standard InChI is InChI=1S/C17H21NO6S/c1-2-24-15(19)13-7-3-4-8-14(13)25(22,23)18-10-12-6-5-9-17(12,11-18)16(20)21/h3-4,7-8,12H,2,5-6,9-11H2,1H3,(H,20,21)/t12-,17+/m0/s1. The maximum Gasteiger partial charge on any atom is 0.339 e. The van der Waals surface area contributed by atoms with Crippen molar-refractivity contribution in [1.29, 1.82) is 0 Å². The third kappa shape index (κ3) is 2.83. The Labute approximate surface area is 146 Å². The van der Waals surface area contributed by atoms with Crippen LogP contribution in [0.3, 0.4) is 0 Å². The molecule has 7 nitrogen and oxygen atoms in total. The average molecular weight is 367 g/mol. The lowest BCUT2D eigenvalue weighted by molar-refractivity contribution is -0.149. The molecule has 8 heteroatoms. The summed E-state index contributed by atoms with van der Waals surface area (Å²) in [7, 11) is -3.98. The monoisotopic (exact) mass is 367 g/mol. The van der Waals surface area contributed by atoms with Crippen LogP contribution in [-0.4, -0.2) is 49.5 Å². The summed E-state index contributed by atoms with van der Waals surface area (Å²) in [5, 5.41) is 9.65. The first-order chi connectivity index (χ1) is 11.8. The number of carbonyl (C=O) groups excluding carboxylic acids is 1. The Kier molecular flexibility index (Phi) is 4.59. The van der Waals surface area contributed by atoms with Crippen LogP contribution in [0.15, 0.2) is 29.2 Å². The number of carbonyl (C=O) groups is 2. The highest BCUT2D eigenvalue weighted by Crippen LogP contribution is 2.50. The zero-order valence-corrected chi connectivity index (χ0v) is 14.8. The molecule has 136 valence electrons. The Hall–Kier alpha value is -1.93. The second-order valence-corrected chi connectivity index (χ2v) is 8.47. The van der Waals surface area contributed by atoms with Crippen molar-refractivity contribution in [2.75, 3.05) is 19.7 Å². The molecule has 0 radical (unpaired) electrons. The summed E-state index contributed by atoms with van der Waals surface area (Å²) in [5.41, 5.74) is -1.03. The van der Waals surface area contributed by atoms with Crippen LogP contribution in [0.1, 0.15) is 36.5 Å². The SMILES string of the molecule is CCOC(=O)c1ccccc1S(=O)(=O)N1C[C@@H]2CCC[C@@]2(C(=O)O)C1. The van der Waals surface area contributed by atoms with Crippen LogP contribution in [0.5, 0.6) is 0 Å². The second-order valence-electron chi connectivity index (χ2n) is 6.56. The van der Waals surface area contributed by atoms with E-state index in [1.165, 1.54) is 16.4 Å². The molecule has 0 amide bonds. The number of sulfonamides is 1. The fraction of sp³-hybridized carbons (Fsp3) is 0.529. The largest absolute Gasteiger partial charge is 0.481 e. The van der Waals surface area contributed by atoms with Crippen molar-refractivity contribution in [3.8, 4) is 0 Å². The first kappa shape index (κ1) is 17.9. The molecule has 0 bridgehead atoms. The van der Waals surface area contributed by atoms with Gasteiger partial charge in [-0.15, -0.1) is 0 Å². The minimum atomic E-state index is -3.98. The smallest absolute Gasteiger partial charge is 0.339 e. The number of esters is 1. The minimum Gasteiger partial charge on any atom is -0.481 e. The fourth-order valence-corrected chi connectivity index (χ4v) is 5.72. The minimum absolute atomic E-state index is 0.0224. The van der Waals surface area contributed by atoms with E-state index >= 15 is 0 Å². The van der Waals surface area contributed by atoms with E-state index in [9.17, 15) is 23.1 Å². The van der Waals surface area contributed by atoms with Crippen LogP contribution in [0.25, 0.3) is 0 Å². The molecule has 1 saturated carbocycles. The molecule has 1 heterocycles. The normalized spacial score (nSPS) is 26.4. The number of carboxylic acid groups (broad SMARTS) is 1. The molecule has 2 aliphatic rings. The van der Waals surface area contributed by atoms with Crippen molar-refractivity contribution in [3.63, 3.8) is 0 Å². The third-order valence-electron chi connectivity index (χ3n) is 5.27. The van der Waals surface area contributed by atoms with Crippen LogP contribution >= 0.6 is 0 Å². The molecule has 1 aliphatic heterocycles. The van der Waals surface area contributed by atoms with E-state index in [2.05, 4.69) is 0 Å². The van der Waals surface area contributed by atoms with Crippen molar-refractivity contribution < 1.29 is 27.9 Å². The first-order valence-electron chi connectivity index (χ1n) is 8.32. The molecule has 3 rings (SSSR count). The van der Waals surface area contributed by atoms with Gasteiger partial charge in [0.15, 0.2) is 0 Å². The Morgan fingerprint density at radius 3 is 2.72 bits per heavy atom. The molecule has 1 aromatic carbocycles. The van der Waals surface area contributed by atoms with Gasteiger partial charge in [0.25, 0.3) is 0 Å². The predicted octanol–water partition coefficient (Wildman–Crippen LogP) is 1.74. The number of hydrogen-bond donors (Lipinski definition) is 1. The number of benzene rings is 1. The zero-order chi connectivity index (χ0) is 18.2. The average Bonchev–Trinajstić information content (AvgIpc) is 3.13. The molecule has 1 aromatic rings. The zero-order valence-electron chi connectivity index (χ0n) is 14.0. The van der Waals surface area contributed by atoms with E-state index in [1.54, 1.807) is 19.1 Å². The quantitative estimate of drug-likeness (QED) is 0.796. The maximum absolute atomic E-state index is 13.1. The van der Waals surface area contributed by atoms with Crippen LogP contribution in [0.4, 0.5) is 0 Å². The Morgan fingerprint density at radius 2 is 2.08 bits per heavy atom. The lowest BCUT2D eigenvalue weighted by atomic mass is 9.81. The van der Waals surface area contributed by atoms with Crippen molar-refractivity contribution in [2.45, 2.75) is 31.1 Å². The summed E-state index contributed by atoms with van der Waals surface area (Å²) >= 11 is 0. The van der Waals surface area contributed by atoms with E-state index in [1.807, 2.05) is 0 Å². The van der Waals surface area contributed by atoms with Gasteiger partial charge < -0.3 is 9.84 Å². The second kappa shape index (κ2) is 6.42. The number of hydrogen-bond acceptors (Lipinski definition) is 5. The molecule has 1 N–H and O–H groups in total. The molecule has 1 saturated heterocycles. The van der Waals surface area contributed by atoms with Gasteiger partial charge in [0.05, 0.1) is 22.5 Å². The van der Waals surface area contributed by atoms with Gasteiger partial charge in [-0.1, -0.05) is 18.6 Å². The highest BCUT2D eigenvalue weighted by Gasteiger charge is 2.57. The van der Waals surface area contributed by atoms with Gasteiger partial charge in [0.2, 0.25) is 10.0 Å². The van der Waals surface area contributed by atoms with Crippen LogP contribution < -0.4 is 0 Å². The van der Waals surface area contributed by atoms with Crippen LogP contribution in [-0.2, 0) is 19.6 Å². The summed E-state index contributed by atoms with van der Waals surface area (Å²) in [6.07, 6.45) is 1.99. The van der Waals surface area contributed by atoms with E-state index in [0.29, 0.717) is 12.8 Å². The van der Waals surface area contributed by atoms with Crippen LogP contribution in [0, 0.1) is 11.3 Å². The number of ether oxygens (including phenoxy) is 1. The van der Waals surface area contributed by atoms with Gasteiger partial charge in [0, 0.05) is 13.1 Å². The third-order valence-corrected chi connectivity index (χ3v) is 7.14. The Bertz CT molecular complexity index is 805. The lowest BCUT2D eigenvalue weighted by Gasteiger charge is -2.23. The Balaban J connectivity index is 1.97.